The summed E-state index contributed by atoms with van der Waals surface area (Å²) >= 11 is 0. The van der Waals surface area contributed by atoms with Crippen molar-refractivity contribution in [2.24, 2.45) is 0 Å². The SMILES string of the molecule is COc1ccccc1C1(O)CCN(Cc2cn[nH]c2-c2ccccc2)CC1.O=C(O)CC(O)(CC(=O)O)C(=O)O. The van der Waals surface area contributed by atoms with Crippen LogP contribution in [0.2, 0.25) is 0 Å². The number of rotatable bonds is 10. The van der Waals surface area contributed by atoms with Gasteiger partial charge >= 0.3 is 17.9 Å². The summed E-state index contributed by atoms with van der Waals surface area (Å²) in [4.78, 5) is 32.9. The monoisotopic (exact) mass is 555 g/mol. The number of benzene rings is 2. The molecular weight excluding hydrogens is 522 g/mol. The van der Waals surface area contributed by atoms with Gasteiger partial charge in [-0.25, -0.2) is 4.79 Å². The Morgan fingerprint density at radius 2 is 1.55 bits per heavy atom. The van der Waals surface area contributed by atoms with Gasteiger partial charge in [0.05, 0.1) is 37.4 Å². The van der Waals surface area contributed by atoms with Gasteiger partial charge in [0.15, 0.2) is 5.60 Å². The van der Waals surface area contributed by atoms with E-state index >= 15 is 0 Å². The number of likely N-dealkylation sites (tertiary alicyclic amines) is 1. The van der Waals surface area contributed by atoms with Gasteiger partial charge in [-0.05, 0) is 24.5 Å². The van der Waals surface area contributed by atoms with Crippen molar-refractivity contribution >= 4 is 17.9 Å². The lowest BCUT2D eigenvalue weighted by molar-refractivity contribution is -0.170. The molecule has 0 spiro atoms. The number of aliphatic hydroxyl groups is 2. The maximum Gasteiger partial charge on any atom is 0.336 e. The molecule has 3 aromatic rings. The first-order valence-electron chi connectivity index (χ1n) is 12.5. The van der Waals surface area contributed by atoms with E-state index in [-0.39, 0.29) is 0 Å². The molecular formula is C28H33N3O9. The van der Waals surface area contributed by atoms with Gasteiger partial charge < -0.3 is 30.3 Å². The molecule has 0 aliphatic carbocycles. The van der Waals surface area contributed by atoms with Crippen LogP contribution in [0, 0.1) is 0 Å². The Morgan fingerprint density at radius 1 is 0.975 bits per heavy atom. The van der Waals surface area contributed by atoms with Gasteiger partial charge in [-0.15, -0.1) is 0 Å². The number of carboxylic acid groups (broad SMARTS) is 3. The molecule has 0 atom stereocenters. The third-order valence-electron chi connectivity index (χ3n) is 6.75. The molecule has 6 N–H and O–H groups in total. The highest BCUT2D eigenvalue weighted by Crippen LogP contribution is 2.38. The molecule has 1 saturated heterocycles. The Kier molecular flexibility index (Phi) is 9.99. The molecule has 1 aliphatic rings. The van der Waals surface area contributed by atoms with Crippen molar-refractivity contribution in [2.45, 2.75) is 43.4 Å². The first kappa shape index (κ1) is 30.3. The van der Waals surface area contributed by atoms with Crippen LogP contribution in [0.5, 0.6) is 5.75 Å². The van der Waals surface area contributed by atoms with Crippen molar-refractivity contribution in [1.29, 1.82) is 0 Å². The summed E-state index contributed by atoms with van der Waals surface area (Å²) in [5.41, 5.74) is 0.720. The highest BCUT2D eigenvalue weighted by molar-refractivity contribution is 5.88. The number of methoxy groups -OCH3 is 1. The van der Waals surface area contributed by atoms with Crippen molar-refractivity contribution in [3.05, 3.63) is 71.9 Å². The van der Waals surface area contributed by atoms with E-state index in [1.165, 1.54) is 5.56 Å². The minimum Gasteiger partial charge on any atom is -0.496 e. The topological polar surface area (TPSA) is 194 Å². The average Bonchev–Trinajstić information content (AvgIpc) is 3.38. The number of hydrogen-bond donors (Lipinski definition) is 6. The molecule has 1 aliphatic heterocycles. The normalized spacial score (nSPS) is 15.0. The van der Waals surface area contributed by atoms with Crippen molar-refractivity contribution in [3.63, 3.8) is 0 Å². The predicted octanol–water partition coefficient (Wildman–Crippen LogP) is 2.32. The van der Waals surface area contributed by atoms with E-state index in [9.17, 15) is 19.5 Å². The van der Waals surface area contributed by atoms with E-state index in [0.29, 0.717) is 12.8 Å². The number of piperidine rings is 1. The molecule has 0 unspecified atom stereocenters. The van der Waals surface area contributed by atoms with Crippen LogP contribution in [0.15, 0.2) is 60.8 Å². The molecule has 0 radical (unpaired) electrons. The number of para-hydroxylation sites is 1. The van der Waals surface area contributed by atoms with Crippen LogP contribution in [-0.4, -0.2) is 84.3 Å². The lowest BCUT2D eigenvalue weighted by Gasteiger charge is -2.39. The molecule has 1 fully saturated rings. The molecule has 4 rings (SSSR count). The summed E-state index contributed by atoms with van der Waals surface area (Å²) < 4.78 is 5.45. The quantitative estimate of drug-likeness (QED) is 0.215. The fraction of sp³-hybridized carbons (Fsp3) is 0.357. The van der Waals surface area contributed by atoms with Gasteiger partial charge in [0.2, 0.25) is 0 Å². The Labute approximate surface area is 230 Å². The van der Waals surface area contributed by atoms with E-state index in [4.69, 9.17) is 25.2 Å². The second-order valence-electron chi connectivity index (χ2n) is 9.62. The predicted molar refractivity (Wildman–Crippen MR) is 143 cm³/mol. The fourth-order valence-electron chi connectivity index (χ4n) is 4.62. The molecule has 0 bridgehead atoms. The number of ether oxygens (including phenoxy) is 1. The zero-order valence-corrected chi connectivity index (χ0v) is 22.0. The summed E-state index contributed by atoms with van der Waals surface area (Å²) in [6.45, 7) is 2.48. The van der Waals surface area contributed by atoms with Crippen LogP contribution in [-0.2, 0) is 26.5 Å². The van der Waals surface area contributed by atoms with Gasteiger partial charge in [0.1, 0.15) is 5.75 Å². The molecule has 2 heterocycles. The van der Waals surface area contributed by atoms with Crippen LogP contribution >= 0.6 is 0 Å². The van der Waals surface area contributed by atoms with Crippen LogP contribution in [0.1, 0.15) is 36.8 Å². The summed E-state index contributed by atoms with van der Waals surface area (Å²) in [5.74, 6) is -4.26. The van der Waals surface area contributed by atoms with E-state index in [1.54, 1.807) is 7.11 Å². The maximum atomic E-state index is 11.2. The fourth-order valence-corrected chi connectivity index (χ4v) is 4.62. The van der Waals surface area contributed by atoms with Crippen LogP contribution < -0.4 is 4.74 Å². The molecule has 12 nitrogen and oxygen atoms in total. The van der Waals surface area contributed by atoms with Crippen LogP contribution in [0.3, 0.4) is 0 Å². The Balaban J connectivity index is 0.000000289. The number of aliphatic carboxylic acids is 3. The molecule has 1 aromatic heterocycles. The highest BCUT2D eigenvalue weighted by Gasteiger charge is 2.41. The summed E-state index contributed by atoms with van der Waals surface area (Å²) in [6, 6.07) is 18.0. The Hall–Kier alpha value is -4.26. The number of nitrogens with zero attached hydrogens (tertiary/aromatic N) is 2. The third-order valence-corrected chi connectivity index (χ3v) is 6.75. The number of aromatic amines is 1. The summed E-state index contributed by atoms with van der Waals surface area (Å²) in [6.07, 6.45) is 0.990. The number of H-pyrrole nitrogens is 1. The van der Waals surface area contributed by atoms with Crippen LogP contribution in [0.25, 0.3) is 11.3 Å². The highest BCUT2D eigenvalue weighted by atomic mass is 16.5. The number of aromatic nitrogens is 2. The molecule has 214 valence electrons. The number of carbonyl (C=O) groups is 3. The molecule has 12 heteroatoms. The minimum atomic E-state index is -2.74. The van der Waals surface area contributed by atoms with E-state index in [1.807, 2.05) is 48.7 Å². The first-order chi connectivity index (χ1) is 19.0. The van der Waals surface area contributed by atoms with Crippen molar-refractivity contribution in [1.82, 2.24) is 15.1 Å². The van der Waals surface area contributed by atoms with Crippen molar-refractivity contribution in [3.8, 4) is 17.0 Å². The van der Waals surface area contributed by atoms with E-state index < -0.39 is 42.0 Å². The van der Waals surface area contributed by atoms with Crippen molar-refractivity contribution < 1.29 is 44.7 Å². The lowest BCUT2D eigenvalue weighted by Crippen LogP contribution is -2.42. The molecule has 2 aromatic carbocycles. The Morgan fingerprint density at radius 3 is 2.10 bits per heavy atom. The minimum absolute atomic E-state index is 0.686. The second-order valence-corrected chi connectivity index (χ2v) is 9.62. The smallest absolute Gasteiger partial charge is 0.336 e. The van der Waals surface area contributed by atoms with Gasteiger partial charge in [0.25, 0.3) is 0 Å². The second kappa shape index (κ2) is 13.2. The summed E-state index contributed by atoms with van der Waals surface area (Å²) in [7, 11) is 1.65. The molecule has 0 amide bonds. The van der Waals surface area contributed by atoms with Gasteiger partial charge in [-0.2, -0.15) is 5.10 Å². The van der Waals surface area contributed by atoms with Crippen LogP contribution in [0.4, 0.5) is 0 Å². The zero-order valence-electron chi connectivity index (χ0n) is 22.0. The summed E-state index contributed by atoms with van der Waals surface area (Å²) in [5, 5.41) is 52.4. The number of hydrogen-bond acceptors (Lipinski definition) is 8. The third kappa shape index (κ3) is 7.65. The maximum absolute atomic E-state index is 11.2. The zero-order chi connectivity index (χ0) is 29.3. The van der Waals surface area contributed by atoms with Gasteiger partial charge in [0, 0.05) is 30.8 Å². The number of nitrogens with one attached hydrogen (secondary N) is 1. The molecule has 0 saturated carbocycles. The molecule has 40 heavy (non-hydrogen) atoms. The standard InChI is InChI=1S/C22H25N3O2.C6H8O7/c1-27-20-10-6-5-9-19(20)22(26)11-13-25(14-12-22)16-18-15-23-24-21(18)17-7-3-2-4-8-17;7-3(8)1-6(13,5(11)12)2-4(9)10/h2-10,15,26H,11-14,16H2,1H3,(H,23,24);13H,1-2H2,(H,7,8)(H,9,10)(H,11,12). The van der Waals surface area contributed by atoms with Gasteiger partial charge in [-0.3, -0.25) is 19.6 Å². The Bertz CT molecular complexity index is 1290. The van der Waals surface area contributed by atoms with Crippen molar-refractivity contribution in [2.75, 3.05) is 20.2 Å². The lowest BCUT2D eigenvalue weighted by atomic mass is 9.83. The first-order valence-corrected chi connectivity index (χ1v) is 12.5. The van der Waals surface area contributed by atoms with Gasteiger partial charge in [-0.1, -0.05) is 48.5 Å². The average molecular weight is 556 g/mol. The van der Waals surface area contributed by atoms with E-state index in [2.05, 4.69) is 27.2 Å². The largest absolute Gasteiger partial charge is 0.496 e. The van der Waals surface area contributed by atoms with E-state index in [0.717, 1.165) is 42.2 Å². The number of carboxylic acids is 3.